The summed E-state index contributed by atoms with van der Waals surface area (Å²) in [5.74, 6) is 0. The second kappa shape index (κ2) is 4.29. The Bertz CT molecular complexity index is 411. The number of allylic oxidation sites excluding steroid dienone is 3. The molecule has 0 N–H and O–H groups in total. The predicted molar refractivity (Wildman–Crippen MR) is 70.4 cm³/mol. The van der Waals surface area contributed by atoms with Crippen LogP contribution in [0.25, 0.3) is 0 Å². The third-order valence-electron chi connectivity index (χ3n) is 3.46. The Kier molecular flexibility index (Phi) is 3.00. The van der Waals surface area contributed by atoms with E-state index in [0.717, 1.165) is 0 Å². The summed E-state index contributed by atoms with van der Waals surface area (Å²) in [7, 11) is 0. The van der Waals surface area contributed by atoms with Crippen LogP contribution in [0.1, 0.15) is 32.3 Å². The average Bonchev–Trinajstić information content (AvgIpc) is 2.88. The molecule has 0 radical (unpaired) electrons. The van der Waals surface area contributed by atoms with Gasteiger partial charge in [-0.25, -0.2) is 0 Å². The first-order valence-electron chi connectivity index (χ1n) is 6.01. The van der Waals surface area contributed by atoms with Crippen LogP contribution in [0.3, 0.4) is 0 Å². The molecule has 0 heteroatoms. The maximum atomic E-state index is 3.94. The maximum Gasteiger partial charge on any atom is -0.00722 e. The highest BCUT2D eigenvalue weighted by atomic mass is 14.5. The van der Waals surface area contributed by atoms with Crippen LogP contribution in [0.5, 0.6) is 0 Å². The number of benzene rings is 1. The quantitative estimate of drug-likeness (QED) is 0.687. The molecule has 1 atom stereocenters. The fourth-order valence-electron chi connectivity index (χ4n) is 2.21. The summed E-state index contributed by atoms with van der Waals surface area (Å²) < 4.78 is 0. The zero-order chi connectivity index (χ0) is 11.6. The van der Waals surface area contributed by atoms with Crippen molar-refractivity contribution in [2.45, 2.75) is 33.1 Å². The highest BCUT2D eigenvalue weighted by molar-refractivity contribution is 5.37. The molecule has 0 heterocycles. The maximum absolute atomic E-state index is 3.94. The van der Waals surface area contributed by atoms with E-state index < -0.39 is 0 Å². The van der Waals surface area contributed by atoms with Crippen molar-refractivity contribution in [3.05, 3.63) is 59.7 Å². The fraction of sp³-hybridized carbons (Fsp3) is 0.375. The van der Waals surface area contributed by atoms with Gasteiger partial charge in [-0.2, -0.15) is 0 Å². The molecule has 1 aliphatic carbocycles. The van der Waals surface area contributed by atoms with E-state index in [0.29, 0.717) is 5.41 Å². The van der Waals surface area contributed by atoms with Gasteiger partial charge in [0.15, 0.2) is 0 Å². The Morgan fingerprint density at radius 2 is 2.06 bits per heavy atom. The molecule has 0 unspecified atom stereocenters. The normalized spacial score (nSPS) is 25.8. The topological polar surface area (TPSA) is 0 Å². The van der Waals surface area contributed by atoms with Crippen LogP contribution in [-0.4, -0.2) is 0 Å². The summed E-state index contributed by atoms with van der Waals surface area (Å²) in [5.41, 5.74) is 4.66. The van der Waals surface area contributed by atoms with Crippen LogP contribution >= 0.6 is 0 Å². The van der Waals surface area contributed by atoms with Gasteiger partial charge in [0.1, 0.15) is 0 Å². The molecule has 1 aliphatic rings. The zero-order valence-electron chi connectivity index (χ0n) is 10.3. The van der Waals surface area contributed by atoms with Crippen LogP contribution in [0, 0.1) is 5.41 Å². The molecule has 1 saturated carbocycles. The van der Waals surface area contributed by atoms with Gasteiger partial charge in [0.25, 0.3) is 0 Å². The lowest BCUT2D eigenvalue weighted by Gasteiger charge is -2.07. The molecular formula is C16H20. The predicted octanol–water partition coefficient (Wildman–Crippen LogP) is 4.53. The van der Waals surface area contributed by atoms with Gasteiger partial charge in [0.2, 0.25) is 0 Å². The Morgan fingerprint density at radius 3 is 2.69 bits per heavy atom. The Labute approximate surface area is 98.7 Å². The van der Waals surface area contributed by atoms with Gasteiger partial charge in [-0.3, -0.25) is 0 Å². The molecule has 0 bridgehead atoms. The first-order valence-corrected chi connectivity index (χ1v) is 6.01. The van der Waals surface area contributed by atoms with E-state index >= 15 is 0 Å². The number of rotatable bonds is 4. The minimum Gasteiger partial charge on any atom is -0.0961 e. The van der Waals surface area contributed by atoms with Crippen LogP contribution < -0.4 is 0 Å². The lowest BCUT2D eigenvalue weighted by atomic mass is 9.97. The van der Waals surface area contributed by atoms with Crippen molar-refractivity contribution in [2.24, 2.45) is 5.41 Å². The van der Waals surface area contributed by atoms with Crippen LogP contribution in [0.2, 0.25) is 0 Å². The van der Waals surface area contributed by atoms with E-state index in [1.807, 2.05) is 0 Å². The highest BCUT2D eigenvalue weighted by Gasteiger charge is 2.42. The molecule has 2 rings (SSSR count). The summed E-state index contributed by atoms with van der Waals surface area (Å²) in [4.78, 5) is 0. The van der Waals surface area contributed by atoms with E-state index in [1.54, 1.807) is 5.57 Å². The van der Waals surface area contributed by atoms with Crippen LogP contribution in [-0.2, 0) is 6.42 Å². The second-order valence-electron chi connectivity index (χ2n) is 5.24. The summed E-state index contributed by atoms with van der Waals surface area (Å²) in [5, 5.41) is 0. The van der Waals surface area contributed by atoms with E-state index in [1.165, 1.54) is 30.4 Å². The van der Waals surface area contributed by atoms with Crippen LogP contribution in [0.4, 0.5) is 0 Å². The largest absolute Gasteiger partial charge is 0.0961 e. The Hall–Kier alpha value is -1.30. The summed E-state index contributed by atoms with van der Waals surface area (Å²) >= 11 is 0. The van der Waals surface area contributed by atoms with Crippen molar-refractivity contribution in [1.29, 1.82) is 0 Å². The van der Waals surface area contributed by atoms with Crippen molar-refractivity contribution in [3.63, 3.8) is 0 Å². The van der Waals surface area contributed by atoms with E-state index in [2.05, 4.69) is 56.8 Å². The first-order chi connectivity index (χ1) is 7.60. The lowest BCUT2D eigenvalue weighted by molar-refractivity contribution is 0.544. The second-order valence-corrected chi connectivity index (χ2v) is 5.24. The molecule has 0 spiro atoms. The molecule has 0 aromatic heterocycles. The Morgan fingerprint density at radius 1 is 1.38 bits per heavy atom. The van der Waals surface area contributed by atoms with Crippen molar-refractivity contribution in [1.82, 2.24) is 0 Å². The van der Waals surface area contributed by atoms with Crippen molar-refractivity contribution in [3.8, 4) is 0 Å². The van der Waals surface area contributed by atoms with Gasteiger partial charge in [-0.15, -0.1) is 0 Å². The van der Waals surface area contributed by atoms with Gasteiger partial charge in [-0.1, -0.05) is 61.1 Å². The van der Waals surface area contributed by atoms with Crippen LogP contribution in [0.15, 0.2) is 54.1 Å². The van der Waals surface area contributed by atoms with Gasteiger partial charge < -0.3 is 0 Å². The van der Waals surface area contributed by atoms with Crippen molar-refractivity contribution < 1.29 is 0 Å². The number of hydrogen-bond acceptors (Lipinski definition) is 0. The molecule has 0 saturated heterocycles. The zero-order valence-corrected chi connectivity index (χ0v) is 10.3. The summed E-state index contributed by atoms with van der Waals surface area (Å²) in [6.07, 6.45) is 5.96. The number of hydrogen-bond donors (Lipinski definition) is 0. The fourth-order valence-corrected chi connectivity index (χ4v) is 2.21. The summed E-state index contributed by atoms with van der Waals surface area (Å²) in [6, 6.07) is 10.8. The summed E-state index contributed by atoms with van der Waals surface area (Å²) in [6.45, 7) is 8.38. The molecule has 0 aliphatic heterocycles. The van der Waals surface area contributed by atoms with Crippen molar-refractivity contribution in [2.75, 3.05) is 0 Å². The van der Waals surface area contributed by atoms with Gasteiger partial charge >= 0.3 is 0 Å². The SMILES string of the molecule is C=C(C)/C=C1/C[C@]1(C)CCc1ccccc1. The minimum absolute atomic E-state index is 0.453. The minimum atomic E-state index is 0.453. The smallest absolute Gasteiger partial charge is 0.00722 e. The molecule has 0 amide bonds. The first kappa shape index (κ1) is 11.2. The third kappa shape index (κ3) is 2.63. The van der Waals surface area contributed by atoms with E-state index in [4.69, 9.17) is 0 Å². The standard InChI is InChI=1S/C16H20/c1-13(2)11-15-12-16(15,3)10-9-14-7-5-4-6-8-14/h4-8,11H,1,9-10,12H2,2-3H3/b15-11-/t16-/m0/s1. The molecule has 1 aromatic carbocycles. The Balaban J connectivity index is 1.91. The van der Waals surface area contributed by atoms with E-state index in [-0.39, 0.29) is 0 Å². The molecule has 0 nitrogen and oxygen atoms in total. The monoisotopic (exact) mass is 212 g/mol. The van der Waals surface area contributed by atoms with E-state index in [9.17, 15) is 0 Å². The van der Waals surface area contributed by atoms with Crippen molar-refractivity contribution >= 4 is 0 Å². The molecule has 16 heavy (non-hydrogen) atoms. The highest BCUT2D eigenvalue weighted by Crippen LogP contribution is 2.55. The number of aryl methyl sites for hydroxylation is 1. The average molecular weight is 212 g/mol. The third-order valence-corrected chi connectivity index (χ3v) is 3.46. The lowest BCUT2D eigenvalue weighted by Crippen LogP contribution is -1.97. The molecule has 84 valence electrons. The van der Waals surface area contributed by atoms with Gasteiger partial charge in [0, 0.05) is 0 Å². The van der Waals surface area contributed by atoms with Gasteiger partial charge in [0.05, 0.1) is 0 Å². The molecule has 1 fully saturated rings. The van der Waals surface area contributed by atoms with Gasteiger partial charge in [-0.05, 0) is 37.2 Å². The molecule has 1 aromatic rings. The molecular weight excluding hydrogens is 192 g/mol.